The molecule has 2 aromatic carbocycles. The third kappa shape index (κ3) is 4.18. The first-order chi connectivity index (χ1) is 11.4. The zero-order valence-electron chi connectivity index (χ0n) is 13.0. The summed E-state index contributed by atoms with van der Waals surface area (Å²) in [6.45, 7) is 3.27. The van der Waals surface area contributed by atoms with Crippen molar-refractivity contribution in [3.05, 3.63) is 63.6 Å². The second-order valence-corrected chi connectivity index (χ2v) is 9.05. The van der Waals surface area contributed by atoms with Gasteiger partial charge in [0.2, 0.25) is 10.0 Å². The molecular formula is C17H18BrClN2O2S. The minimum Gasteiger partial charge on any atom is -0.296 e. The number of nitrogens with zero attached hydrogens (tertiary/aromatic N) is 2. The molecule has 1 fully saturated rings. The van der Waals surface area contributed by atoms with Gasteiger partial charge in [-0.25, -0.2) is 8.42 Å². The van der Waals surface area contributed by atoms with Crippen molar-refractivity contribution in [2.75, 3.05) is 26.2 Å². The highest BCUT2D eigenvalue weighted by Gasteiger charge is 2.28. The topological polar surface area (TPSA) is 40.6 Å². The van der Waals surface area contributed by atoms with E-state index in [1.165, 1.54) is 5.56 Å². The highest BCUT2D eigenvalue weighted by atomic mass is 79.9. The Kier molecular flexibility index (Phi) is 5.62. The molecule has 4 nitrogen and oxygen atoms in total. The van der Waals surface area contributed by atoms with Gasteiger partial charge in [-0.2, -0.15) is 4.31 Å². The Morgan fingerprint density at radius 3 is 2.29 bits per heavy atom. The van der Waals surface area contributed by atoms with Gasteiger partial charge in [-0.05, 0) is 42.0 Å². The van der Waals surface area contributed by atoms with Crippen molar-refractivity contribution in [2.45, 2.75) is 11.4 Å². The molecule has 24 heavy (non-hydrogen) atoms. The van der Waals surface area contributed by atoms with E-state index in [0.29, 0.717) is 23.0 Å². The van der Waals surface area contributed by atoms with Crippen molar-refractivity contribution in [1.29, 1.82) is 0 Å². The lowest BCUT2D eigenvalue weighted by atomic mass is 10.2. The fraction of sp³-hybridized carbons (Fsp3) is 0.294. The van der Waals surface area contributed by atoms with Gasteiger partial charge < -0.3 is 0 Å². The van der Waals surface area contributed by atoms with Gasteiger partial charge in [-0.3, -0.25) is 4.90 Å². The Bertz CT molecular complexity index is 804. The molecule has 0 aromatic heterocycles. The minimum absolute atomic E-state index is 0.298. The molecule has 0 atom stereocenters. The minimum atomic E-state index is -3.44. The molecule has 128 valence electrons. The number of halogens is 2. The lowest BCUT2D eigenvalue weighted by Crippen LogP contribution is -2.48. The molecule has 0 bridgehead atoms. The van der Waals surface area contributed by atoms with Gasteiger partial charge in [0, 0.05) is 42.2 Å². The average Bonchev–Trinajstić information content (AvgIpc) is 2.56. The van der Waals surface area contributed by atoms with Gasteiger partial charge in [0.25, 0.3) is 0 Å². The van der Waals surface area contributed by atoms with Gasteiger partial charge in [0.05, 0.1) is 4.90 Å². The average molecular weight is 430 g/mol. The van der Waals surface area contributed by atoms with Crippen LogP contribution in [-0.4, -0.2) is 43.8 Å². The van der Waals surface area contributed by atoms with Crippen molar-refractivity contribution in [3.8, 4) is 0 Å². The predicted octanol–water partition coefficient (Wildman–Crippen LogP) is 3.61. The van der Waals surface area contributed by atoms with Crippen molar-refractivity contribution in [3.63, 3.8) is 0 Å². The molecule has 1 aliphatic heterocycles. The van der Waals surface area contributed by atoms with Crippen molar-refractivity contribution in [1.82, 2.24) is 9.21 Å². The second-order valence-electron chi connectivity index (χ2n) is 5.76. The van der Waals surface area contributed by atoms with Gasteiger partial charge in [-0.1, -0.05) is 39.7 Å². The molecule has 0 unspecified atom stereocenters. The number of rotatable bonds is 4. The van der Waals surface area contributed by atoms with Gasteiger partial charge >= 0.3 is 0 Å². The summed E-state index contributed by atoms with van der Waals surface area (Å²) in [5.74, 6) is 0. The number of hydrogen-bond donors (Lipinski definition) is 0. The fourth-order valence-electron chi connectivity index (χ4n) is 2.78. The Labute approximate surface area is 156 Å². The van der Waals surface area contributed by atoms with E-state index in [4.69, 9.17) is 11.6 Å². The normalized spacial score (nSPS) is 17.1. The Morgan fingerprint density at radius 1 is 1.00 bits per heavy atom. The first kappa shape index (κ1) is 17.9. The van der Waals surface area contributed by atoms with E-state index < -0.39 is 10.0 Å². The highest BCUT2D eigenvalue weighted by Crippen LogP contribution is 2.21. The molecule has 0 saturated carbocycles. The first-order valence-electron chi connectivity index (χ1n) is 7.68. The second kappa shape index (κ2) is 7.54. The Hall–Kier alpha value is -0.920. The summed E-state index contributed by atoms with van der Waals surface area (Å²) >= 11 is 9.31. The summed E-state index contributed by atoms with van der Waals surface area (Å²) in [6.07, 6.45) is 0. The number of hydrogen-bond acceptors (Lipinski definition) is 3. The molecule has 3 rings (SSSR count). The Balaban J connectivity index is 1.63. The van der Waals surface area contributed by atoms with Crippen LogP contribution in [-0.2, 0) is 16.6 Å². The van der Waals surface area contributed by atoms with Crippen LogP contribution in [0, 0.1) is 0 Å². The van der Waals surface area contributed by atoms with Gasteiger partial charge in [0.15, 0.2) is 0 Å². The third-order valence-corrected chi connectivity index (χ3v) is 6.74. The summed E-state index contributed by atoms with van der Waals surface area (Å²) in [4.78, 5) is 2.57. The molecule has 0 aliphatic carbocycles. The van der Waals surface area contributed by atoms with Crippen LogP contribution in [0.4, 0.5) is 0 Å². The van der Waals surface area contributed by atoms with E-state index in [0.717, 1.165) is 24.1 Å². The molecule has 0 N–H and O–H groups in total. The number of piperazine rings is 1. The number of benzene rings is 2. The molecule has 2 aromatic rings. The maximum absolute atomic E-state index is 12.7. The molecule has 0 radical (unpaired) electrons. The zero-order chi connectivity index (χ0) is 17.2. The summed E-state index contributed by atoms with van der Waals surface area (Å²) in [7, 11) is -3.44. The zero-order valence-corrected chi connectivity index (χ0v) is 16.2. The van der Waals surface area contributed by atoms with Crippen LogP contribution in [0.5, 0.6) is 0 Å². The van der Waals surface area contributed by atoms with Crippen LogP contribution < -0.4 is 0 Å². The fourth-order valence-corrected chi connectivity index (χ4v) is 4.77. The van der Waals surface area contributed by atoms with Crippen LogP contribution in [0.25, 0.3) is 0 Å². The van der Waals surface area contributed by atoms with E-state index in [1.807, 2.05) is 12.1 Å². The molecule has 0 amide bonds. The SMILES string of the molecule is O=S(=O)(c1ccc(Cl)cc1)N1CCN(Cc2cccc(Br)c2)CC1. The summed E-state index contributed by atoms with van der Waals surface area (Å²) in [6, 6.07) is 14.5. The predicted molar refractivity (Wildman–Crippen MR) is 99.6 cm³/mol. The molecule has 1 aliphatic rings. The van der Waals surface area contributed by atoms with Gasteiger partial charge in [0.1, 0.15) is 0 Å². The van der Waals surface area contributed by atoms with Crippen molar-refractivity contribution >= 4 is 37.6 Å². The largest absolute Gasteiger partial charge is 0.296 e. The highest BCUT2D eigenvalue weighted by molar-refractivity contribution is 9.10. The maximum Gasteiger partial charge on any atom is 0.243 e. The van der Waals surface area contributed by atoms with Crippen molar-refractivity contribution in [2.24, 2.45) is 0 Å². The standard InChI is InChI=1S/C17H18BrClN2O2S/c18-15-3-1-2-14(12-15)13-20-8-10-21(11-9-20)24(22,23)17-6-4-16(19)5-7-17/h1-7,12H,8-11,13H2. The van der Waals surface area contributed by atoms with E-state index in [2.05, 4.69) is 33.0 Å². The maximum atomic E-state index is 12.7. The van der Waals surface area contributed by atoms with E-state index in [-0.39, 0.29) is 0 Å². The molecule has 1 heterocycles. The molecule has 0 spiro atoms. The van der Waals surface area contributed by atoms with E-state index in [9.17, 15) is 8.42 Å². The van der Waals surface area contributed by atoms with Crippen LogP contribution in [0.3, 0.4) is 0 Å². The molecule has 1 saturated heterocycles. The number of sulfonamides is 1. The summed E-state index contributed by atoms with van der Waals surface area (Å²) in [5.41, 5.74) is 1.22. The van der Waals surface area contributed by atoms with Crippen LogP contribution in [0.2, 0.25) is 5.02 Å². The summed E-state index contributed by atoms with van der Waals surface area (Å²) in [5, 5.41) is 0.535. The monoisotopic (exact) mass is 428 g/mol. The first-order valence-corrected chi connectivity index (χ1v) is 10.3. The van der Waals surface area contributed by atoms with Crippen LogP contribution in [0.1, 0.15) is 5.56 Å². The quantitative estimate of drug-likeness (QED) is 0.745. The van der Waals surface area contributed by atoms with E-state index in [1.54, 1.807) is 28.6 Å². The molecular weight excluding hydrogens is 412 g/mol. The Morgan fingerprint density at radius 2 is 1.67 bits per heavy atom. The lowest BCUT2D eigenvalue weighted by molar-refractivity contribution is 0.181. The van der Waals surface area contributed by atoms with E-state index >= 15 is 0 Å². The van der Waals surface area contributed by atoms with Crippen LogP contribution >= 0.6 is 27.5 Å². The van der Waals surface area contributed by atoms with Crippen molar-refractivity contribution < 1.29 is 8.42 Å². The molecule has 7 heteroatoms. The summed E-state index contributed by atoms with van der Waals surface area (Å²) < 4.78 is 27.9. The van der Waals surface area contributed by atoms with Gasteiger partial charge in [-0.15, -0.1) is 0 Å². The third-order valence-electron chi connectivity index (χ3n) is 4.08. The smallest absolute Gasteiger partial charge is 0.243 e. The lowest BCUT2D eigenvalue weighted by Gasteiger charge is -2.34. The van der Waals surface area contributed by atoms with Crippen LogP contribution in [0.15, 0.2) is 57.9 Å².